The maximum atomic E-state index is 9.90. The van der Waals surface area contributed by atoms with Crippen molar-refractivity contribution in [2.75, 3.05) is 5.88 Å². The van der Waals surface area contributed by atoms with Gasteiger partial charge in [-0.1, -0.05) is 29.4 Å². The van der Waals surface area contributed by atoms with Gasteiger partial charge < -0.3 is 14.7 Å². The predicted molar refractivity (Wildman–Crippen MR) is 68.2 cm³/mol. The Balaban J connectivity index is 2.12. The minimum absolute atomic E-state index is 0.314. The molecule has 0 aliphatic carbocycles. The molecule has 1 heterocycles. The molecule has 1 aromatic heterocycles. The van der Waals surface area contributed by atoms with Crippen LogP contribution in [0.1, 0.15) is 18.1 Å². The third kappa shape index (κ3) is 2.90. The van der Waals surface area contributed by atoms with Crippen LogP contribution >= 0.6 is 11.6 Å². The summed E-state index contributed by atoms with van der Waals surface area (Å²) in [6, 6.07) is 8.88. The van der Waals surface area contributed by atoms with Crippen LogP contribution in [0, 0.1) is 0 Å². The van der Waals surface area contributed by atoms with Crippen LogP contribution in [0.4, 0.5) is 0 Å². The maximum Gasteiger partial charge on any atom is 0.166 e. The zero-order chi connectivity index (χ0) is 13.0. The van der Waals surface area contributed by atoms with Gasteiger partial charge in [0.2, 0.25) is 0 Å². The second kappa shape index (κ2) is 6.00. The summed E-state index contributed by atoms with van der Waals surface area (Å²) >= 11 is 5.53. The van der Waals surface area contributed by atoms with Crippen LogP contribution in [-0.4, -0.2) is 27.4 Å². The number of hydrogen-bond donors (Lipinski definition) is 2. The Morgan fingerprint density at radius 2 is 1.89 bits per heavy atom. The Bertz CT molecular complexity index is 469. The summed E-state index contributed by atoms with van der Waals surface area (Å²) in [5.74, 6) is 0.978. The fraction of sp³-hybridized carbons (Fsp3) is 0.308. The zero-order valence-corrected chi connectivity index (χ0v) is 10.4. The molecule has 1 aromatic carbocycles. The quantitative estimate of drug-likeness (QED) is 0.816. The van der Waals surface area contributed by atoms with Gasteiger partial charge in [-0.15, -0.1) is 11.6 Å². The van der Waals surface area contributed by atoms with Crippen molar-refractivity contribution in [3.05, 3.63) is 42.1 Å². The van der Waals surface area contributed by atoms with Gasteiger partial charge in [-0.25, -0.2) is 0 Å². The molecule has 0 radical (unpaired) electrons. The van der Waals surface area contributed by atoms with Crippen LogP contribution in [-0.2, 0) is 0 Å². The van der Waals surface area contributed by atoms with Crippen molar-refractivity contribution in [1.29, 1.82) is 0 Å². The lowest BCUT2D eigenvalue weighted by Crippen LogP contribution is -2.18. The van der Waals surface area contributed by atoms with Gasteiger partial charge in [-0.3, -0.25) is 0 Å². The fourth-order valence-corrected chi connectivity index (χ4v) is 1.92. The van der Waals surface area contributed by atoms with Crippen LogP contribution in [0.2, 0.25) is 0 Å². The summed E-state index contributed by atoms with van der Waals surface area (Å²) in [6.45, 7) is 0. The molecule has 0 spiro atoms. The zero-order valence-electron chi connectivity index (χ0n) is 9.66. The van der Waals surface area contributed by atoms with Crippen molar-refractivity contribution in [3.8, 4) is 11.3 Å². The van der Waals surface area contributed by atoms with Crippen molar-refractivity contribution in [1.82, 2.24) is 5.16 Å². The predicted octanol–water partition coefficient (Wildman–Crippen LogP) is 2.36. The van der Waals surface area contributed by atoms with Crippen molar-refractivity contribution in [2.24, 2.45) is 0 Å². The number of aromatic nitrogens is 1. The number of aliphatic hydroxyl groups is 2. The Morgan fingerprint density at radius 3 is 2.44 bits per heavy atom. The first-order chi connectivity index (χ1) is 8.72. The summed E-state index contributed by atoms with van der Waals surface area (Å²) in [4.78, 5) is 0. The number of alkyl halides is 1. The second-order valence-electron chi connectivity index (χ2n) is 3.99. The van der Waals surface area contributed by atoms with E-state index >= 15 is 0 Å². The molecule has 5 heteroatoms. The average molecular weight is 268 g/mol. The highest BCUT2D eigenvalue weighted by molar-refractivity contribution is 6.17. The molecule has 96 valence electrons. The molecule has 0 bridgehead atoms. The van der Waals surface area contributed by atoms with E-state index in [2.05, 4.69) is 5.16 Å². The first-order valence-electron chi connectivity index (χ1n) is 5.65. The van der Waals surface area contributed by atoms with Crippen LogP contribution in [0.15, 0.2) is 41.1 Å². The van der Waals surface area contributed by atoms with E-state index in [4.69, 9.17) is 16.1 Å². The number of halogens is 1. The molecule has 4 nitrogen and oxygen atoms in total. The number of benzene rings is 1. The number of rotatable bonds is 5. The van der Waals surface area contributed by atoms with E-state index in [1.54, 1.807) is 24.4 Å². The smallest absolute Gasteiger partial charge is 0.166 e. The maximum absolute atomic E-state index is 9.90. The molecule has 0 amide bonds. The number of nitrogens with zero attached hydrogens (tertiary/aromatic N) is 1. The van der Waals surface area contributed by atoms with Gasteiger partial charge >= 0.3 is 0 Å². The van der Waals surface area contributed by atoms with E-state index in [0.717, 1.165) is 5.56 Å². The fourth-order valence-electron chi connectivity index (χ4n) is 1.70. The second-order valence-corrected chi connectivity index (χ2v) is 4.37. The van der Waals surface area contributed by atoms with E-state index in [1.165, 1.54) is 0 Å². The normalized spacial score (nSPS) is 14.4. The van der Waals surface area contributed by atoms with E-state index in [0.29, 0.717) is 23.6 Å². The topological polar surface area (TPSA) is 66.5 Å². The van der Waals surface area contributed by atoms with E-state index in [1.807, 2.05) is 12.1 Å². The molecule has 0 aliphatic rings. The largest absolute Gasteiger partial charge is 0.390 e. The standard InChI is InChI=1S/C13H14ClNO3/c14-7-5-11(16)13(17)10-3-1-9(2-4-10)12-6-8-15-18-12/h1-4,6,8,11,13,16-17H,5,7H2. The van der Waals surface area contributed by atoms with Gasteiger partial charge in [0, 0.05) is 17.5 Å². The van der Waals surface area contributed by atoms with E-state index in [-0.39, 0.29) is 0 Å². The van der Waals surface area contributed by atoms with E-state index < -0.39 is 12.2 Å². The van der Waals surface area contributed by atoms with Gasteiger partial charge in [0.25, 0.3) is 0 Å². The molecule has 0 saturated heterocycles. The Labute approximate surface area is 110 Å². The lowest BCUT2D eigenvalue weighted by molar-refractivity contribution is 0.0170. The molecule has 2 aromatic rings. The third-order valence-corrected chi connectivity index (χ3v) is 2.96. The first-order valence-corrected chi connectivity index (χ1v) is 6.19. The molecule has 2 unspecified atom stereocenters. The molecular formula is C13H14ClNO3. The Morgan fingerprint density at radius 1 is 1.17 bits per heavy atom. The molecule has 0 saturated carbocycles. The van der Waals surface area contributed by atoms with E-state index in [9.17, 15) is 10.2 Å². The summed E-state index contributed by atoms with van der Waals surface area (Å²) < 4.78 is 5.03. The van der Waals surface area contributed by atoms with Gasteiger partial charge in [0.15, 0.2) is 5.76 Å². The van der Waals surface area contributed by atoms with Gasteiger partial charge in [-0.05, 0) is 12.0 Å². The Hall–Kier alpha value is -1.36. The summed E-state index contributed by atoms with van der Waals surface area (Å²) in [5, 5.41) is 23.2. The monoisotopic (exact) mass is 267 g/mol. The molecule has 0 fully saturated rings. The molecular weight excluding hydrogens is 254 g/mol. The lowest BCUT2D eigenvalue weighted by Gasteiger charge is -2.17. The summed E-state index contributed by atoms with van der Waals surface area (Å²) in [7, 11) is 0. The highest BCUT2D eigenvalue weighted by Gasteiger charge is 2.17. The number of aliphatic hydroxyl groups excluding tert-OH is 2. The van der Waals surface area contributed by atoms with Crippen molar-refractivity contribution in [2.45, 2.75) is 18.6 Å². The van der Waals surface area contributed by atoms with Crippen LogP contribution < -0.4 is 0 Å². The number of hydrogen-bond acceptors (Lipinski definition) is 4. The van der Waals surface area contributed by atoms with Crippen molar-refractivity contribution >= 4 is 11.6 Å². The third-order valence-electron chi connectivity index (χ3n) is 2.74. The Kier molecular flexibility index (Phi) is 4.36. The summed E-state index contributed by atoms with van der Waals surface area (Å²) in [5.41, 5.74) is 1.52. The molecule has 2 atom stereocenters. The van der Waals surface area contributed by atoms with Crippen LogP contribution in [0.25, 0.3) is 11.3 Å². The average Bonchev–Trinajstić information content (AvgIpc) is 2.92. The molecule has 18 heavy (non-hydrogen) atoms. The molecule has 0 aliphatic heterocycles. The van der Waals surface area contributed by atoms with Crippen LogP contribution in [0.3, 0.4) is 0 Å². The van der Waals surface area contributed by atoms with Crippen molar-refractivity contribution in [3.63, 3.8) is 0 Å². The molecule has 2 rings (SSSR count). The van der Waals surface area contributed by atoms with Crippen molar-refractivity contribution < 1.29 is 14.7 Å². The SMILES string of the molecule is OC(CCCl)C(O)c1ccc(-c2ccno2)cc1. The highest BCUT2D eigenvalue weighted by Crippen LogP contribution is 2.24. The van der Waals surface area contributed by atoms with Gasteiger partial charge in [0.1, 0.15) is 6.10 Å². The first kappa shape index (κ1) is 13.1. The molecule has 2 N–H and O–H groups in total. The minimum Gasteiger partial charge on any atom is -0.390 e. The minimum atomic E-state index is -0.924. The summed E-state index contributed by atoms with van der Waals surface area (Å²) in [6.07, 6.45) is 0.153. The van der Waals surface area contributed by atoms with Crippen LogP contribution in [0.5, 0.6) is 0 Å². The lowest BCUT2D eigenvalue weighted by atomic mass is 10.0. The highest BCUT2D eigenvalue weighted by atomic mass is 35.5. The van der Waals surface area contributed by atoms with Gasteiger partial charge in [-0.2, -0.15) is 0 Å². The van der Waals surface area contributed by atoms with Gasteiger partial charge in [0.05, 0.1) is 12.3 Å².